The number of hydrogen-bond acceptors (Lipinski definition) is 2. The van der Waals surface area contributed by atoms with Crippen molar-refractivity contribution in [2.24, 2.45) is 0 Å². The summed E-state index contributed by atoms with van der Waals surface area (Å²) in [5.74, 6) is -0.189. The second kappa shape index (κ2) is 5.63. The third-order valence-corrected chi connectivity index (χ3v) is 3.20. The normalized spacial score (nSPS) is 11.2. The monoisotopic (exact) mass is 288 g/mol. The van der Waals surface area contributed by atoms with Gasteiger partial charge < -0.3 is 5.32 Å². The Morgan fingerprint density at radius 2 is 1.85 bits per heavy atom. The largest absolute Gasteiger partial charge is 0.322 e. The SMILES string of the molecule is CC(C)(C)c1ccccc1NC(=O)c1ccc(Cl)nc1. The third-order valence-electron chi connectivity index (χ3n) is 2.97. The molecule has 0 aliphatic rings. The highest BCUT2D eigenvalue weighted by molar-refractivity contribution is 6.29. The second-order valence-corrected chi connectivity index (χ2v) is 6.01. The average Bonchev–Trinajstić information content (AvgIpc) is 2.38. The molecule has 20 heavy (non-hydrogen) atoms. The number of rotatable bonds is 2. The van der Waals surface area contributed by atoms with Crippen molar-refractivity contribution >= 4 is 23.2 Å². The van der Waals surface area contributed by atoms with E-state index in [4.69, 9.17) is 11.6 Å². The molecule has 3 nitrogen and oxygen atoms in total. The third kappa shape index (κ3) is 3.36. The lowest BCUT2D eigenvalue weighted by Crippen LogP contribution is -2.18. The van der Waals surface area contributed by atoms with Crippen LogP contribution in [-0.4, -0.2) is 10.9 Å². The molecule has 0 radical (unpaired) electrons. The zero-order valence-corrected chi connectivity index (χ0v) is 12.5. The molecule has 104 valence electrons. The smallest absolute Gasteiger partial charge is 0.257 e. The highest BCUT2D eigenvalue weighted by Crippen LogP contribution is 2.29. The maximum absolute atomic E-state index is 12.2. The fourth-order valence-electron chi connectivity index (χ4n) is 1.95. The van der Waals surface area contributed by atoms with Crippen molar-refractivity contribution in [2.45, 2.75) is 26.2 Å². The maximum Gasteiger partial charge on any atom is 0.257 e. The van der Waals surface area contributed by atoms with Gasteiger partial charge in [0.15, 0.2) is 0 Å². The Kier molecular flexibility index (Phi) is 4.09. The fraction of sp³-hybridized carbons (Fsp3) is 0.250. The van der Waals surface area contributed by atoms with E-state index in [-0.39, 0.29) is 11.3 Å². The van der Waals surface area contributed by atoms with E-state index in [2.05, 4.69) is 31.1 Å². The van der Waals surface area contributed by atoms with Crippen molar-refractivity contribution in [1.82, 2.24) is 4.98 Å². The standard InChI is InChI=1S/C16H17ClN2O/c1-16(2,3)12-6-4-5-7-13(12)19-15(20)11-8-9-14(17)18-10-11/h4-10H,1-3H3,(H,19,20). The summed E-state index contributed by atoms with van der Waals surface area (Å²) in [5, 5.41) is 3.30. The number of nitrogens with one attached hydrogen (secondary N) is 1. The first-order valence-corrected chi connectivity index (χ1v) is 6.78. The summed E-state index contributed by atoms with van der Waals surface area (Å²) in [6, 6.07) is 11.1. The van der Waals surface area contributed by atoms with E-state index in [1.165, 1.54) is 6.20 Å². The Labute approximate surface area is 124 Å². The van der Waals surface area contributed by atoms with Crippen LogP contribution in [0.4, 0.5) is 5.69 Å². The number of nitrogens with zero attached hydrogens (tertiary/aromatic N) is 1. The molecule has 1 amide bonds. The number of hydrogen-bond donors (Lipinski definition) is 1. The van der Waals surface area contributed by atoms with Crippen molar-refractivity contribution < 1.29 is 4.79 Å². The van der Waals surface area contributed by atoms with E-state index >= 15 is 0 Å². The summed E-state index contributed by atoms with van der Waals surface area (Å²) >= 11 is 5.72. The van der Waals surface area contributed by atoms with Gasteiger partial charge in [0, 0.05) is 11.9 Å². The minimum atomic E-state index is -0.189. The number of amides is 1. The zero-order chi connectivity index (χ0) is 14.8. The van der Waals surface area contributed by atoms with Gasteiger partial charge in [-0.2, -0.15) is 0 Å². The Morgan fingerprint density at radius 3 is 2.45 bits per heavy atom. The van der Waals surface area contributed by atoms with E-state index in [1.807, 2.05) is 24.3 Å². The van der Waals surface area contributed by atoms with Gasteiger partial charge in [0.1, 0.15) is 5.15 Å². The number of halogens is 1. The Balaban J connectivity index is 2.26. The molecule has 0 bridgehead atoms. The number of benzene rings is 1. The molecular formula is C16H17ClN2O. The second-order valence-electron chi connectivity index (χ2n) is 5.62. The van der Waals surface area contributed by atoms with Gasteiger partial charge in [0.05, 0.1) is 5.56 Å². The minimum Gasteiger partial charge on any atom is -0.322 e. The summed E-state index contributed by atoms with van der Waals surface area (Å²) < 4.78 is 0. The van der Waals surface area contributed by atoms with Crippen LogP contribution < -0.4 is 5.32 Å². The quantitative estimate of drug-likeness (QED) is 0.838. The highest BCUT2D eigenvalue weighted by atomic mass is 35.5. The topological polar surface area (TPSA) is 42.0 Å². The first-order chi connectivity index (χ1) is 9.38. The molecule has 1 aromatic heterocycles. The van der Waals surface area contributed by atoms with Crippen LogP contribution in [0, 0.1) is 0 Å². The number of carbonyl (C=O) groups is 1. The molecule has 0 aliphatic heterocycles. The molecule has 2 rings (SSSR count). The van der Waals surface area contributed by atoms with Gasteiger partial charge in [-0.25, -0.2) is 4.98 Å². The van der Waals surface area contributed by atoms with E-state index in [9.17, 15) is 4.79 Å². The number of aromatic nitrogens is 1. The van der Waals surface area contributed by atoms with Crippen molar-refractivity contribution in [1.29, 1.82) is 0 Å². The molecule has 0 fully saturated rings. The predicted octanol–water partition coefficient (Wildman–Crippen LogP) is 4.28. The molecule has 4 heteroatoms. The van der Waals surface area contributed by atoms with Gasteiger partial charge >= 0.3 is 0 Å². The van der Waals surface area contributed by atoms with Crippen LogP contribution in [0.1, 0.15) is 36.7 Å². The molecule has 0 aliphatic carbocycles. The van der Waals surface area contributed by atoms with Crippen LogP contribution in [0.5, 0.6) is 0 Å². The summed E-state index contributed by atoms with van der Waals surface area (Å²) in [4.78, 5) is 16.1. The van der Waals surface area contributed by atoms with Gasteiger partial charge in [0.2, 0.25) is 0 Å². The zero-order valence-electron chi connectivity index (χ0n) is 11.8. The van der Waals surface area contributed by atoms with Crippen molar-refractivity contribution in [3.8, 4) is 0 Å². The van der Waals surface area contributed by atoms with Crippen LogP contribution in [0.25, 0.3) is 0 Å². The van der Waals surface area contributed by atoms with Crippen molar-refractivity contribution in [2.75, 3.05) is 5.32 Å². The Morgan fingerprint density at radius 1 is 1.15 bits per heavy atom. The molecule has 0 saturated carbocycles. The van der Waals surface area contributed by atoms with Crippen LogP contribution in [0.2, 0.25) is 5.15 Å². The van der Waals surface area contributed by atoms with E-state index in [0.717, 1.165) is 11.3 Å². The van der Waals surface area contributed by atoms with Gasteiger partial charge in [0.25, 0.3) is 5.91 Å². The molecule has 2 aromatic rings. The molecular weight excluding hydrogens is 272 g/mol. The lowest BCUT2D eigenvalue weighted by molar-refractivity contribution is 0.102. The van der Waals surface area contributed by atoms with Gasteiger partial charge in [-0.1, -0.05) is 50.6 Å². The van der Waals surface area contributed by atoms with Crippen LogP contribution in [0.15, 0.2) is 42.6 Å². The summed E-state index contributed by atoms with van der Waals surface area (Å²) in [7, 11) is 0. The molecule has 1 N–H and O–H groups in total. The first-order valence-electron chi connectivity index (χ1n) is 6.40. The molecule has 1 heterocycles. The molecule has 1 aromatic carbocycles. The molecule has 0 saturated heterocycles. The summed E-state index contributed by atoms with van der Waals surface area (Å²) in [5.41, 5.74) is 2.36. The Bertz CT molecular complexity index is 615. The summed E-state index contributed by atoms with van der Waals surface area (Å²) in [6.45, 7) is 6.34. The van der Waals surface area contributed by atoms with Gasteiger partial charge in [-0.3, -0.25) is 4.79 Å². The Hall–Kier alpha value is -1.87. The lowest BCUT2D eigenvalue weighted by Gasteiger charge is -2.23. The highest BCUT2D eigenvalue weighted by Gasteiger charge is 2.18. The molecule has 0 atom stereocenters. The summed E-state index contributed by atoms with van der Waals surface area (Å²) in [6.07, 6.45) is 1.47. The van der Waals surface area contributed by atoms with E-state index in [0.29, 0.717) is 10.7 Å². The van der Waals surface area contributed by atoms with E-state index < -0.39 is 0 Å². The van der Waals surface area contributed by atoms with E-state index in [1.54, 1.807) is 12.1 Å². The minimum absolute atomic E-state index is 0.0396. The number of anilines is 1. The van der Waals surface area contributed by atoms with Crippen LogP contribution in [-0.2, 0) is 5.41 Å². The number of pyridine rings is 1. The number of para-hydroxylation sites is 1. The molecule has 0 spiro atoms. The lowest BCUT2D eigenvalue weighted by atomic mass is 9.86. The first kappa shape index (κ1) is 14.5. The van der Waals surface area contributed by atoms with Crippen molar-refractivity contribution in [3.63, 3.8) is 0 Å². The predicted molar refractivity (Wildman–Crippen MR) is 82.3 cm³/mol. The van der Waals surface area contributed by atoms with Crippen molar-refractivity contribution in [3.05, 3.63) is 58.9 Å². The number of carbonyl (C=O) groups excluding carboxylic acids is 1. The van der Waals surface area contributed by atoms with Crippen LogP contribution >= 0.6 is 11.6 Å². The van der Waals surface area contributed by atoms with Gasteiger partial charge in [-0.05, 0) is 29.2 Å². The van der Waals surface area contributed by atoms with Gasteiger partial charge in [-0.15, -0.1) is 0 Å². The van der Waals surface area contributed by atoms with Crippen LogP contribution in [0.3, 0.4) is 0 Å². The molecule has 0 unspecified atom stereocenters. The fourth-order valence-corrected chi connectivity index (χ4v) is 2.06. The maximum atomic E-state index is 12.2. The average molecular weight is 289 g/mol.